The minimum Gasteiger partial charge on any atom is -0.351 e. The summed E-state index contributed by atoms with van der Waals surface area (Å²) in [5, 5.41) is 4.91. The molecule has 1 atom stereocenters. The molecular weight excluding hydrogens is 260 g/mol. The lowest BCUT2D eigenvalue weighted by molar-refractivity contribution is -0.129. The molecule has 2 amide bonds. The number of carbonyl (C=O) groups excluding carboxylic acids is 2. The van der Waals surface area contributed by atoms with Gasteiger partial charge in [0, 0.05) is 24.4 Å². The van der Waals surface area contributed by atoms with E-state index in [1.807, 2.05) is 17.5 Å². The highest BCUT2D eigenvalue weighted by molar-refractivity contribution is 7.09. The van der Waals surface area contributed by atoms with E-state index in [1.54, 1.807) is 16.2 Å². The lowest BCUT2D eigenvalue weighted by Crippen LogP contribution is -2.33. The van der Waals surface area contributed by atoms with Crippen LogP contribution in [0.4, 0.5) is 0 Å². The first-order valence-electron chi connectivity index (χ1n) is 6.64. The summed E-state index contributed by atoms with van der Waals surface area (Å²) in [7, 11) is 0. The fourth-order valence-electron chi connectivity index (χ4n) is 2.30. The normalized spacial score (nSPS) is 19.2. The van der Waals surface area contributed by atoms with Gasteiger partial charge in [-0.2, -0.15) is 0 Å². The van der Waals surface area contributed by atoms with E-state index in [4.69, 9.17) is 0 Å². The summed E-state index contributed by atoms with van der Waals surface area (Å²) >= 11 is 1.62. The van der Waals surface area contributed by atoms with Crippen LogP contribution in [-0.4, -0.2) is 29.8 Å². The molecule has 104 valence electrons. The lowest BCUT2D eigenvalue weighted by Gasteiger charge is -2.18. The Morgan fingerprint density at radius 2 is 2.37 bits per heavy atom. The van der Waals surface area contributed by atoms with Crippen LogP contribution < -0.4 is 5.32 Å². The minimum absolute atomic E-state index is 0.00648. The van der Waals surface area contributed by atoms with Gasteiger partial charge in [0.15, 0.2) is 0 Å². The highest BCUT2D eigenvalue weighted by atomic mass is 32.1. The van der Waals surface area contributed by atoms with E-state index in [9.17, 15) is 9.59 Å². The Balaban J connectivity index is 1.82. The predicted octanol–water partition coefficient (Wildman–Crippen LogP) is 1.87. The van der Waals surface area contributed by atoms with Crippen molar-refractivity contribution in [3.8, 4) is 0 Å². The van der Waals surface area contributed by atoms with E-state index in [0.717, 1.165) is 11.4 Å². The average molecular weight is 280 g/mol. The van der Waals surface area contributed by atoms with Crippen LogP contribution in [0.5, 0.6) is 0 Å². The van der Waals surface area contributed by atoms with E-state index < -0.39 is 0 Å². The van der Waals surface area contributed by atoms with E-state index in [1.165, 1.54) is 0 Å². The van der Waals surface area contributed by atoms with Crippen molar-refractivity contribution in [3.63, 3.8) is 0 Å². The zero-order chi connectivity index (χ0) is 13.8. The number of nitrogens with zero attached hydrogens (tertiary/aromatic N) is 1. The summed E-state index contributed by atoms with van der Waals surface area (Å²) in [4.78, 5) is 26.8. The SMILES string of the molecule is CC(C)CN1C[C@@H](C(=O)NCc2cccs2)CC1=O. The van der Waals surface area contributed by atoms with Crippen LogP contribution in [0.1, 0.15) is 25.1 Å². The topological polar surface area (TPSA) is 49.4 Å². The maximum Gasteiger partial charge on any atom is 0.225 e. The molecular formula is C14H20N2O2S. The molecule has 2 heterocycles. The molecule has 0 bridgehead atoms. The van der Waals surface area contributed by atoms with Gasteiger partial charge >= 0.3 is 0 Å². The molecule has 0 aliphatic carbocycles. The number of rotatable bonds is 5. The number of hydrogen-bond donors (Lipinski definition) is 1. The summed E-state index contributed by atoms with van der Waals surface area (Å²) in [5.74, 6) is 0.348. The van der Waals surface area contributed by atoms with Gasteiger partial charge in [0.1, 0.15) is 0 Å². The monoisotopic (exact) mass is 280 g/mol. The number of nitrogens with one attached hydrogen (secondary N) is 1. The molecule has 2 rings (SSSR count). The fraction of sp³-hybridized carbons (Fsp3) is 0.571. The molecule has 1 aliphatic heterocycles. The number of carbonyl (C=O) groups is 2. The molecule has 4 nitrogen and oxygen atoms in total. The molecule has 0 saturated carbocycles. The number of thiophene rings is 1. The highest BCUT2D eigenvalue weighted by Gasteiger charge is 2.34. The molecule has 0 radical (unpaired) electrons. The van der Waals surface area contributed by atoms with E-state index in [2.05, 4.69) is 19.2 Å². The second-order valence-corrected chi connectivity index (χ2v) is 6.42. The van der Waals surface area contributed by atoms with Crippen molar-refractivity contribution in [2.45, 2.75) is 26.8 Å². The van der Waals surface area contributed by atoms with Gasteiger partial charge in [-0.3, -0.25) is 9.59 Å². The number of hydrogen-bond acceptors (Lipinski definition) is 3. The zero-order valence-corrected chi connectivity index (χ0v) is 12.2. The molecule has 0 unspecified atom stereocenters. The highest BCUT2D eigenvalue weighted by Crippen LogP contribution is 2.19. The van der Waals surface area contributed by atoms with E-state index in [0.29, 0.717) is 25.4 Å². The quantitative estimate of drug-likeness (QED) is 0.895. The summed E-state index contributed by atoms with van der Waals surface area (Å²) < 4.78 is 0. The molecule has 1 aromatic rings. The lowest BCUT2D eigenvalue weighted by atomic mass is 10.1. The predicted molar refractivity (Wildman–Crippen MR) is 75.7 cm³/mol. The van der Waals surface area contributed by atoms with Crippen molar-refractivity contribution in [3.05, 3.63) is 22.4 Å². The third-order valence-electron chi connectivity index (χ3n) is 3.19. The molecule has 1 aromatic heterocycles. The van der Waals surface area contributed by atoms with Gasteiger partial charge < -0.3 is 10.2 Å². The largest absolute Gasteiger partial charge is 0.351 e. The number of amides is 2. The first-order valence-corrected chi connectivity index (χ1v) is 7.52. The van der Waals surface area contributed by atoms with Crippen LogP contribution in [0.15, 0.2) is 17.5 Å². The molecule has 0 spiro atoms. The van der Waals surface area contributed by atoms with Gasteiger partial charge in [-0.05, 0) is 17.4 Å². The van der Waals surface area contributed by atoms with Crippen molar-refractivity contribution in [1.29, 1.82) is 0 Å². The molecule has 1 saturated heterocycles. The van der Waals surface area contributed by atoms with Crippen LogP contribution in [0, 0.1) is 11.8 Å². The summed E-state index contributed by atoms with van der Waals surface area (Å²) in [6.45, 7) is 6.03. The standard InChI is InChI=1S/C14H20N2O2S/c1-10(2)8-16-9-11(6-13(16)17)14(18)15-7-12-4-3-5-19-12/h3-5,10-11H,6-9H2,1-2H3,(H,15,18)/t11-/m0/s1. The van der Waals surface area contributed by atoms with Gasteiger partial charge in [-0.25, -0.2) is 0 Å². The van der Waals surface area contributed by atoms with Crippen LogP contribution >= 0.6 is 11.3 Å². The fourth-order valence-corrected chi connectivity index (χ4v) is 2.94. The summed E-state index contributed by atoms with van der Waals surface area (Å²) in [6.07, 6.45) is 0.350. The molecule has 5 heteroatoms. The smallest absolute Gasteiger partial charge is 0.225 e. The van der Waals surface area contributed by atoms with Crippen molar-refractivity contribution in [2.24, 2.45) is 11.8 Å². The molecule has 1 N–H and O–H groups in total. The molecule has 1 aliphatic rings. The van der Waals surface area contributed by atoms with Gasteiger partial charge in [-0.1, -0.05) is 19.9 Å². The molecule has 0 aromatic carbocycles. The maximum atomic E-state index is 12.0. The zero-order valence-electron chi connectivity index (χ0n) is 11.4. The van der Waals surface area contributed by atoms with Crippen LogP contribution in [-0.2, 0) is 16.1 Å². The second kappa shape index (κ2) is 6.19. The third kappa shape index (κ3) is 3.80. The van der Waals surface area contributed by atoms with Crippen molar-refractivity contribution < 1.29 is 9.59 Å². The van der Waals surface area contributed by atoms with Crippen LogP contribution in [0.3, 0.4) is 0 Å². The first-order chi connectivity index (χ1) is 9.06. The first kappa shape index (κ1) is 14.1. The molecule has 1 fully saturated rings. The van der Waals surface area contributed by atoms with Crippen molar-refractivity contribution in [1.82, 2.24) is 10.2 Å². The van der Waals surface area contributed by atoms with Gasteiger partial charge in [0.2, 0.25) is 11.8 Å². The summed E-state index contributed by atoms with van der Waals surface area (Å²) in [5.41, 5.74) is 0. The third-order valence-corrected chi connectivity index (χ3v) is 4.06. The molecule has 19 heavy (non-hydrogen) atoms. The van der Waals surface area contributed by atoms with Gasteiger partial charge in [0.05, 0.1) is 12.5 Å². The van der Waals surface area contributed by atoms with E-state index in [-0.39, 0.29) is 17.7 Å². The van der Waals surface area contributed by atoms with Gasteiger partial charge in [-0.15, -0.1) is 11.3 Å². The summed E-state index contributed by atoms with van der Waals surface area (Å²) in [6, 6.07) is 3.96. The Kier molecular flexibility index (Phi) is 4.58. The maximum absolute atomic E-state index is 12.0. The minimum atomic E-state index is -0.189. The van der Waals surface area contributed by atoms with Crippen LogP contribution in [0.25, 0.3) is 0 Å². The van der Waals surface area contributed by atoms with Gasteiger partial charge in [0.25, 0.3) is 0 Å². The Hall–Kier alpha value is -1.36. The Morgan fingerprint density at radius 1 is 1.58 bits per heavy atom. The average Bonchev–Trinajstić information content (AvgIpc) is 2.96. The van der Waals surface area contributed by atoms with E-state index >= 15 is 0 Å². The Labute approximate surface area is 117 Å². The van der Waals surface area contributed by atoms with Crippen LogP contribution in [0.2, 0.25) is 0 Å². The Bertz CT molecular complexity index is 442. The second-order valence-electron chi connectivity index (χ2n) is 5.39. The number of likely N-dealkylation sites (tertiary alicyclic amines) is 1. The van der Waals surface area contributed by atoms with Crippen molar-refractivity contribution >= 4 is 23.2 Å². The Morgan fingerprint density at radius 3 is 3.00 bits per heavy atom. The van der Waals surface area contributed by atoms with Crippen molar-refractivity contribution in [2.75, 3.05) is 13.1 Å².